The molecule has 0 radical (unpaired) electrons. The molecule has 5 rings (SSSR count). The monoisotopic (exact) mass is 534 g/mol. The maximum absolute atomic E-state index is 13.1. The molecule has 202 valence electrons. The van der Waals surface area contributed by atoms with E-state index in [9.17, 15) is 9.18 Å². The van der Waals surface area contributed by atoms with Crippen molar-refractivity contribution in [2.75, 3.05) is 6.54 Å². The van der Waals surface area contributed by atoms with Crippen LogP contribution in [-0.2, 0) is 11.8 Å². The molecule has 1 amide bonds. The Balaban J connectivity index is 1.14. The molecule has 0 spiro atoms. The molecular weight excluding hydrogens is 503 g/mol. The van der Waals surface area contributed by atoms with E-state index < -0.39 is 0 Å². The van der Waals surface area contributed by atoms with Crippen molar-refractivity contribution in [3.63, 3.8) is 0 Å². The third-order valence-corrected chi connectivity index (χ3v) is 6.55. The van der Waals surface area contributed by atoms with Crippen LogP contribution in [0.4, 0.5) is 4.39 Å². The van der Waals surface area contributed by atoms with E-state index in [1.807, 2.05) is 54.6 Å². The van der Waals surface area contributed by atoms with Crippen LogP contribution in [0.25, 0.3) is 10.8 Å². The smallest absolute Gasteiger partial charge is 0.269 e. The van der Waals surface area contributed by atoms with E-state index in [0.717, 1.165) is 22.1 Å². The first-order chi connectivity index (χ1) is 19.2. The molecule has 1 N–H and O–H groups in total. The number of nitrogens with one attached hydrogen (secondary N) is 1. The standard InChI is InChI=1S/C34H31FN2O3/c1-34(2,3)26-7-14-29(15-8-26)40-31-13-6-24-21-32(37-22-25(24)20-31)33(38)36-19-18-23-4-11-28(12-5-23)39-30-16-9-27(35)10-17-30/h4-17,20-22H,18-19H2,1-3H3,(H,36,38). The Labute approximate surface area is 233 Å². The average molecular weight is 535 g/mol. The minimum Gasteiger partial charge on any atom is -0.457 e. The van der Waals surface area contributed by atoms with E-state index in [-0.39, 0.29) is 17.1 Å². The molecule has 5 aromatic rings. The van der Waals surface area contributed by atoms with Crippen molar-refractivity contribution in [1.29, 1.82) is 0 Å². The summed E-state index contributed by atoms with van der Waals surface area (Å²) in [5, 5.41) is 4.74. The minimum atomic E-state index is -0.305. The number of benzene rings is 4. The zero-order valence-electron chi connectivity index (χ0n) is 22.8. The van der Waals surface area contributed by atoms with Crippen LogP contribution in [0, 0.1) is 5.82 Å². The molecule has 6 heteroatoms. The highest BCUT2D eigenvalue weighted by molar-refractivity contribution is 5.96. The summed E-state index contributed by atoms with van der Waals surface area (Å²) >= 11 is 0. The summed E-state index contributed by atoms with van der Waals surface area (Å²) in [4.78, 5) is 17.1. The lowest BCUT2D eigenvalue weighted by molar-refractivity contribution is 0.0949. The van der Waals surface area contributed by atoms with Gasteiger partial charge in [-0.3, -0.25) is 9.78 Å². The van der Waals surface area contributed by atoms with E-state index in [1.54, 1.807) is 24.4 Å². The van der Waals surface area contributed by atoms with E-state index >= 15 is 0 Å². The summed E-state index contributed by atoms with van der Waals surface area (Å²) < 4.78 is 24.8. The summed E-state index contributed by atoms with van der Waals surface area (Å²) in [6.45, 7) is 7.02. The Morgan fingerprint density at radius 3 is 1.98 bits per heavy atom. The van der Waals surface area contributed by atoms with Crippen molar-refractivity contribution in [2.45, 2.75) is 32.6 Å². The summed E-state index contributed by atoms with van der Waals surface area (Å²) in [6, 6.07) is 29.1. The number of halogens is 1. The number of rotatable bonds is 8. The van der Waals surface area contributed by atoms with Crippen LogP contribution < -0.4 is 14.8 Å². The van der Waals surface area contributed by atoms with Gasteiger partial charge in [0, 0.05) is 18.1 Å². The average Bonchev–Trinajstić information content (AvgIpc) is 2.94. The van der Waals surface area contributed by atoms with Gasteiger partial charge in [-0.25, -0.2) is 4.39 Å². The van der Waals surface area contributed by atoms with Crippen molar-refractivity contribution in [1.82, 2.24) is 10.3 Å². The number of nitrogens with zero attached hydrogens (tertiary/aromatic N) is 1. The molecule has 0 saturated carbocycles. The first-order valence-corrected chi connectivity index (χ1v) is 13.2. The molecule has 0 fully saturated rings. The van der Waals surface area contributed by atoms with Crippen molar-refractivity contribution in [3.8, 4) is 23.0 Å². The number of fused-ring (bicyclic) bond motifs is 1. The SMILES string of the molecule is CC(C)(C)c1ccc(Oc2ccc3cc(C(=O)NCCc4ccc(Oc5ccc(F)cc5)cc4)ncc3c2)cc1. The van der Waals surface area contributed by atoms with E-state index in [0.29, 0.717) is 35.9 Å². The molecule has 0 atom stereocenters. The quantitative estimate of drug-likeness (QED) is 0.218. The summed E-state index contributed by atoms with van der Waals surface area (Å²) in [5.74, 6) is 2.18. The second-order valence-electron chi connectivity index (χ2n) is 10.7. The van der Waals surface area contributed by atoms with Gasteiger partial charge >= 0.3 is 0 Å². The van der Waals surface area contributed by atoms with Crippen LogP contribution in [0.3, 0.4) is 0 Å². The normalized spacial score (nSPS) is 11.3. The molecule has 0 aliphatic heterocycles. The number of hydrogen-bond acceptors (Lipinski definition) is 4. The fourth-order valence-corrected chi connectivity index (χ4v) is 4.24. The van der Waals surface area contributed by atoms with Gasteiger partial charge in [0.1, 0.15) is 34.5 Å². The lowest BCUT2D eigenvalue weighted by atomic mass is 9.87. The van der Waals surface area contributed by atoms with Gasteiger partial charge < -0.3 is 14.8 Å². The Morgan fingerprint density at radius 2 is 1.32 bits per heavy atom. The molecule has 0 aliphatic carbocycles. The Morgan fingerprint density at radius 1 is 0.750 bits per heavy atom. The van der Waals surface area contributed by atoms with Crippen LogP contribution in [0.15, 0.2) is 103 Å². The van der Waals surface area contributed by atoms with Crippen LogP contribution in [0.2, 0.25) is 0 Å². The van der Waals surface area contributed by atoms with E-state index in [2.05, 4.69) is 43.2 Å². The van der Waals surface area contributed by atoms with E-state index in [1.165, 1.54) is 17.7 Å². The van der Waals surface area contributed by atoms with Gasteiger partial charge in [0.25, 0.3) is 5.91 Å². The lowest BCUT2D eigenvalue weighted by Gasteiger charge is -2.19. The van der Waals surface area contributed by atoms with Crippen LogP contribution >= 0.6 is 0 Å². The Hall–Kier alpha value is -4.71. The molecule has 0 unspecified atom stereocenters. The number of ether oxygens (including phenoxy) is 2. The van der Waals surface area contributed by atoms with E-state index in [4.69, 9.17) is 9.47 Å². The van der Waals surface area contributed by atoms with Crippen molar-refractivity contribution in [2.24, 2.45) is 0 Å². The highest BCUT2D eigenvalue weighted by Crippen LogP contribution is 2.29. The van der Waals surface area contributed by atoms with Gasteiger partial charge in [0.05, 0.1) is 0 Å². The number of aromatic nitrogens is 1. The maximum Gasteiger partial charge on any atom is 0.269 e. The molecule has 1 aromatic heterocycles. The second kappa shape index (κ2) is 11.6. The van der Waals surface area contributed by atoms with Gasteiger partial charge in [-0.05, 0) is 95.1 Å². The third-order valence-electron chi connectivity index (χ3n) is 6.55. The fraction of sp³-hybridized carbons (Fsp3) is 0.176. The number of carbonyl (C=O) groups is 1. The number of pyridine rings is 1. The van der Waals surface area contributed by atoms with Gasteiger partial charge in [-0.15, -0.1) is 0 Å². The fourth-order valence-electron chi connectivity index (χ4n) is 4.24. The molecule has 4 aromatic carbocycles. The lowest BCUT2D eigenvalue weighted by Crippen LogP contribution is -2.26. The zero-order valence-corrected chi connectivity index (χ0v) is 22.8. The van der Waals surface area contributed by atoms with Crippen LogP contribution in [0.5, 0.6) is 23.0 Å². The topological polar surface area (TPSA) is 60.5 Å². The maximum atomic E-state index is 13.1. The molecule has 0 saturated heterocycles. The van der Waals surface area contributed by atoms with Gasteiger partial charge in [0.2, 0.25) is 0 Å². The second-order valence-corrected chi connectivity index (χ2v) is 10.7. The minimum absolute atomic E-state index is 0.0886. The number of carbonyl (C=O) groups excluding carboxylic acids is 1. The predicted octanol–water partition coefficient (Wildman–Crippen LogP) is 8.23. The highest BCUT2D eigenvalue weighted by atomic mass is 19.1. The molecular formula is C34H31FN2O3. The van der Waals surface area contributed by atoms with Crippen molar-refractivity contribution >= 4 is 16.7 Å². The van der Waals surface area contributed by atoms with Crippen molar-refractivity contribution < 1.29 is 18.7 Å². The molecule has 0 bridgehead atoms. The zero-order chi connectivity index (χ0) is 28.1. The summed E-state index contributed by atoms with van der Waals surface area (Å²) in [7, 11) is 0. The molecule has 1 heterocycles. The van der Waals surface area contributed by atoms with Gasteiger partial charge in [-0.2, -0.15) is 0 Å². The Kier molecular flexibility index (Phi) is 7.78. The van der Waals surface area contributed by atoms with Crippen molar-refractivity contribution in [3.05, 3.63) is 126 Å². The van der Waals surface area contributed by atoms with Gasteiger partial charge in [0.15, 0.2) is 0 Å². The number of amides is 1. The summed E-state index contributed by atoms with van der Waals surface area (Å²) in [6.07, 6.45) is 2.35. The predicted molar refractivity (Wildman–Crippen MR) is 156 cm³/mol. The van der Waals surface area contributed by atoms with Gasteiger partial charge in [-0.1, -0.05) is 51.1 Å². The number of hydrogen-bond donors (Lipinski definition) is 1. The molecule has 0 aliphatic rings. The third kappa shape index (κ3) is 6.83. The highest BCUT2D eigenvalue weighted by Gasteiger charge is 2.13. The van der Waals surface area contributed by atoms with Crippen LogP contribution in [0.1, 0.15) is 42.4 Å². The molecule has 5 nitrogen and oxygen atoms in total. The first-order valence-electron chi connectivity index (χ1n) is 13.2. The summed E-state index contributed by atoms with van der Waals surface area (Å²) in [5.41, 5.74) is 2.76. The Bertz CT molecular complexity index is 1610. The largest absolute Gasteiger partial charge is 0.457 e. The molecule has 40 heavy (non-hydrogen) atoms. The first kappa shape index (κ1) is 26.9. The van der Waals surface area contributed by atoms with Crippen LogP contribution in [-0.4, -0.2) is 17.4 Å².